The van der Waals surface area contributed by atoms with Gasteiger partial charge in [-0.25, -0.2) is 18.4 Å². The van der Waals surface area contributed by atoms with Crippen molar-refractivity contribution in [2.75, 3.05) is 17.1 Å². The molecule has 0 bridgehead atoms. The van der Waals surface area contributed by atoms with Gasteiger partial charge in [0, 0.05) is 19.3 Å². The monoisotopic (exact) mass is 296 g/mol. The Labute approximate surface area is 117 Å². The van der Waals surface area contributed by atoms with Gasteiger partial charge in [-0.05, 0) is 13.8 Å². The lowest BCUT2D eigenvalue weighted by atomic mass is 10.4. The normalized spacial score (nSPS) is 11.6. The number of anilines is 2. The molecule has 0 aliphatic heterocycles. The lowest BCUT2D eigenvalue weighted by Gasteiger charge is -2.06. The third kappa shape index (κ3) is 3.05. The minimum absolute atomic E-state index is 0.00574. The topological polar surface area (TPSA) is 102 Å². The molecule has 2 rings (SSSR count). The second-order valence-corrected chi connectivity index (χ2v) is 6.08. The summed E-state index contributed by atoms with van der Waals surface area (Å²) in [6.45, 7) is 3.91. The van der Waals surface area contributed by atoms with Gasteiger partial charge in [0.2, 0.25) is 5.95 Å². The number of nitrogens with zero attached hydrogens (tertiary/aromatic N) is 4. The molecule has 0 saturated heterocycles. The average molecular weight is 296 g/mol. The molecule has 0 saturated carbocycles. The molecule has 2 N–H and O–H groups in total. The maximum absolute atomic E-state index is 12.1. The lowest BCUT2D eigenvalue weighted by Crippen LogP contribution is -2.13. The third-order valence-corrected chi connectivity index (χ3v) is 3.88. The highest BCUT2D eigenvalue weighted by Gasteiger charge is 2.16. The van der Waals surface area contributed by atoms with Gasteiger partial charge < -0.3 is 5.32 Å². The second-order valence-electron chi connectivity index (χ2n) is 4.40. The van der Waals surface area contributed by atoms with E-state index < -0.39 is 10.0 Å². The molecule has 0 spiro atoms. The molecule has 108 valence electrons. The second kappa shape index (κ2) is 5.45. The van der Waals surface area contributed by atoms with Gasteiger partial charge in [0.1, 0.15) is 4.90 Å². The molecule has 2 aromatic rings. The van der Waals surface area contributed by atoms with E-state index >= 15 is 0 Å². The number of rotatable bonds is 5. The Balaban J connectivity index is 2.21. The van der Waals surface area contributed by atoms with Gasteiger partial charge in [0.15, 0.2) is 0 Å². The van der Waals surface area contributed by atoms with Crippen molar-refractivity contribution in [1.29, 1.82) is 0 Å². The van der Waals surface area contributed by atoms with Crippen LogP contribution >= 0.6 is 0 Å². The van der Waals surface area contributed by atoms with Crippen LogP contribution in [0.1, 0.15) is 19.9 Å². The molecule has 0 aliphatic rings. The van der Waals surface area contributed by atoms with Crippen LogP contribution in [0, 0.1) is 0 Å². The van der Waals surface area contributed by atoms with Gasteiger partial charge in [0.25, 0.3) is 10.0 Å². The molecule has 0 amide bonds. The largest absolute Gasteiger partial charge is 0.357 e. The van der Waals surface area contributed by atoms with Crippen molar-refractivity contribution in [2.45, 2.75) is 24.8 Å². The van der Waals surface area contributed by atoms with E-state index in [1.165, 1.54) is 18.6 Å². The summed E-state index contributed by atoms with van der Waals surface area (Å²) in [6.07, 6.45) is 5.58. The number of hydrogen-bond donors (Lipinski definition) is 2. The summed E-state index contributed by atoms with van der Waals surface area (Å²) in [6, 6.07) is 0.159. The fourth-order valence-electron chi connectivity index (χ4n) is 1.47. The van der Waals surface area contributed by atoms with Crippen LogP contribution in [-0.2, 0) is 10.0 Å². The van der Waals surface area contributed by atoms with E-state index in [0.29, 0.717) is 11.6 Å². The molecule has 0 atom stereocenters. The Morgan fingerprint density at radius 3 is 2.35 bits per heavy atom. The van der Waals surface area contributed by atoms with E-state index in [1.54, 1.807) is 17.9 Å². The maximum Gasteiger partial charge on any atom is 0.265 e. The first-order chi connectivity index (χ1) is 9.42. The number of hydrogen-bond acceptors (Lipinski definition) is 6. The van der Waals surface area contributed by atoms with Crippen molar-refractivity contribution in [3.05, 3.63) is 24.8 Å². The first kappa shape index (κ1) is 14.3. The predicted octanol–water partition coefficient (Wildman–Crippen LogP) is 1.10. The van der Waals surface area contributed by atoms with Crippen molar-refractivity contribution in [1.82, 2.24) is 19.7 Å². The summed E-state index contributed by atoms with van der Waals surface area (Å²) in [5, 5.41) is 6.79. The van der Waals surface area contributed by atoms with Crippen LogP contribution in [0.25, 0.3) is 0 Å². The first-order valence-electron chi connectivity index (χ1n) is 5.99. The van der Waals surface area contributed by atoms with Crippen LogP contribution in [0.15, 0.2) is 29.7 Å². The minimum atomic E-state index is -3.71. The predicted molar refractivity (Wildman–Crippen MR) is 75.0 cm³/mol. The van der Waals surface area contributed by atoms with E-state index in [9.17, 15) is 8.42 Å². The van der Waals surface area contributed by atoms with Crippen LogP contribution < -0.4 is 10.0 Å². The molecule has 8 nitrogen and oxygen atoms in total. The zero-order valence-corrected chi connectivity index (χ0v) is 12.2. The number of nitrogens with one attached hydrogen (secondary N) is 2. The Morgan fingerprint density at radius 1 is 1.20 bits per heavy atom. The van der Waals surface area contributed by atoms with E-state index in [0.717, 1.165) is 0 Å². The van der Waals surface area contributed by atoms with E-state index in [2.05, 4.69) is 25.1 Å². The molecule has 2 aromatic heterocycles. The van der Waals surface area contributed by atoms with Crippen LogP contribution in [0.4, 0.5) is 11.6 Å². The zero-order chi connectivity index (χ0) is 14.8. The van der Waals surface area contributed by atoms with Gasteiger partial charge in [-0.1, -0.05) is 0 Å². The Kier molecular flexibility index (Phi) is 3.89. The van der Waals surface area contributed by atoms with Crippen molar-refractivity contribution < 1.29 is 8.42 Å². The average Bonchev–Trinajstić information content (AvgIpc) is 2.87. The highest BCUT2D eigenvalue weighted by Crippen LogP contribution is 2.16. The molecule has 0 radical (unpaired) electrons. The lowest BCUT2D eigenvalue weighted by molar-refractivity contribution is 0.532. The molecule has 20 heavy (non-hydrogen) atoms. The summed E-state index contributed by atoms with van der Waals surface area (Å²) in [7, 11) is -2.05. The Bertz CT molecular complexity index is 677. The smallest absolute Gasteiger partial charge is 0.265 e. The van der Waals surface area contributed by atoms with Crippen molar-refractivity contribution >= 4 is 21.7 Å². The fourth-order valence-corrected chi connectivity index (χ4v) is 2.39. The molecular weight excluding hydrogens is 280 g/mol. The summed E-state index contributed by atoms with van der Waals surface area (Å²) in [5.74, 6) is 0.358. The quantitative estimate of drug-likeness (QED) is 0.856. The van der Waals surface area contributed by atoms with E-state index in [1.807, 2.05) is 13.8 Å². The highest BCUT2D eigenvalue weighted by molar-refractivity contribution is 7.92. The highest BCUT2D eigenvalue weighted by atomic mass is 32.2. The summed E-state index contributed by atoms with van der Waals surface area (Å²) < 4.78 is 28.4. The molecule has 9 heteroatoms. The zero-order valence-electron chi connectivity index (χ0n) is 11.4. The molecule has 0 aromatic carbocycles. The molecule has 0 unspecified atom stereocenters. The molecule has 0 aliphatic carbocycles. The van der Waals surface area contributed by atoms with E-state index in [-0.39, 0.29) is 10.9 Å². The molecule has 0 fully saturated rings. The van der Waals surface area contributed by atoms with Crippen LogP contribution in [0.2, 0.25) is 0 Å². The first-order valence-corrected chi connectivity index (χ1v) is 7.47. The molecule has 2 heterocycles. The summed E-state index contributed by atoms with van der Waals surface area (Å²) in [5.41, 5.74) is 0.399. The van der Waals surface area contributed by atoms with Crippen molar-refractivity contribution in [2.24, 2.45) is 0 Å². The van der Waals surface area contributed by atoms with E-state index in [4.69, 9.17) is 0 Å². The van der Waals surface area contributed by atoms with Gasteiger partial charge in [-0.15, -0.1) is 0 Å². The SMILES string of the molecule is CNc1ncc(S(=O)(=O)Nc2cnn(C(C)C)c2)cn1. The number of aromatic nitrogens is 4. The summed E-state index contributed by atoms with van der Waals surface area (Å²) >= 11 is 0. The third-order valence-electron chi connectivity index (χ3n) is 2.54. The van der Waals surface area contributed by atoms with Crippen LogP contribution in [0.3, 0.4) is 0 Å². The molecular formula is C11H16N6O2S. The maximum atomic E-state index is 12.1. The standard InChI is InChI=1S/C11H16N6O2S/c1-8(2)17-7-9(4-15-17)16-20(18,19)10-5-13-11(12-3)14-6-10/h4-8,16H,1-3H3,(H,12,13,14). The van der Waals surface area contributed by atoms with Crippen molar-refractivity contribution in [3.63, 3.8) is 0 Å². The fraction of sp³-hybridized carbons (Fsp3) is 0.364. The Hall–Kier alpha value is -2.16. The van der Waals surface area contributed by atoms with Gasteiger partial charge in [-0.3, -0.25) is 9.40 Å². The van der Waals surface area contributed by atoms with Crippen LogP contribution in [0.5, 0.6) is 0 Å². The van der Waals surface area contributed by atoms with Crippen molar-refractivity contribution in [3.8, 4) is 0 Å². The summed E-state index contributed by atoms with van der Waals surface area (Å²) in [4.78, 5) is 7.75. The van der Waals surface area contributed by atoms with Gasteiger partial charge >= 0.3 is 0 Å². The number of sulfonamides is 1. The Morgan fingerprint density at radius 2 is 1.85 bits per heavy atom. The van der Waals surface area contributed by atoms with Gasteiger partial charge in [-0.2, -0.15) is 5.10 Å². The minimum Gasteiger partial charge on any atom is -0.357 e. The van der Waals surface area contributed by atoms with Gasteiger partial charge in [0.05, 0.1) is 24.3 Å². The van der Waals surface area contributed by atoms with Crippen LogP contribution in [-0.4, -0.2) is 35.2 Å².